The Kier molecular flexibility index (Phi) is 5.12. The van der Waals surface area contributed by atoms with Crippen molar-refractivity contribution in [1.82, 2.24) is 23.0 Å². The number of nitrogens with zero attached hydrogens (tertiary/aromatic N) is 6. The van der Waals surface area contributed by atoms with Gasteiger partial charge in [-0.2, -0.15) is 13.1 Å². The first-order chi connectivity index (χ1) is 15.0. The van der Waals surface area contributed by atoms with Crippen LogP contribution in [0.3, 0.4) is 0 Å². The Morgan fingerprint density at radius 1 is 0.935 bits per heavy atom. The van der Waals surface area contributed by atoms with E-state index in [2.05, 4.69) is 35.7 Å². The molecule has 0 aliphatic carbocycles. The molecule has 158 valence electrons. The number of piperazine rings is 1. The highest BCUT2D eigenvalue weighted by molar-refractivity contribution is 7.89. The van der Waals surface area contributed by atoms with Crippen molar-refractivity contribution in [3.05, 3.63) is 60.4 Å². The number of rotatable bonds is 4. The summed E-state index contributed by atoms with van der Waals surface area (Å²) in [5.41, 5.74) is 4.12. The molecule has 31 heavy (non-hydrogen) atoms. The molecule has 0 spiro atoms. The first-order valence-electron chi connectivity index (χ1n) is 9.88. The maximum absolute atomic E-state index is 13.2. The zero-order chi connectivity index (χ0) is 21.4. The lowest BCUT2D eigenvalue weighted by atomic mass is 10.1. The highest BCUT2D eigenvalue weighted by Crippen LogP contribution is 2.27. The Hall–Kier alpha value is -2.95. The lowest BCUT2D eigenvalue weighted by Crippen LogP contribution is -2.49. The third-order valence-corrected chi connectivity index (χ3v) is 7.90. The summed E-state index contributed by atoms with van der Waals surface area (Å²) in [4.78, 5) is 11.1. The van der Waals surface area contributed by atoms with E-state index < -0.39 is 10.0 Å². The third-order valence-electron chi connectivity index (χ3n) is 5.43. The van der Waals surface area contributed by atoms with Crippen molar-refractivity contribution in [2.45, 2.75) is 11.8 Å². The van der Waals surface area contributed by atoms with Crippen molar-refractivity contribution >= 4 is 38.6 Å². The van der Waals surface area contributed by atoms with Crippen molar-refractivity contribution in [2.24, 2.45) is 0 Å². The van der Waals surface area contributed by atoms with Gasteiger partial charge in [0.1, 0.15) is 28.1 Å². The summed E-state index contributed by atoms with van der Waals surface area (Å²) in [6, 6.07) is 15.2. The van der Waals surface area contributed by atoms with Crippen LogP contribution in [0, 0.1) is 6.92 Å². The van der Waals surface area contributed by atoms with Gasteiger partial charge in [-0.05, 0) is 19.1 Å². The van der Waals surface area contributed by atoms with Gasteiger partial charge in [0, 0.05) is 37.8 Å². The lowest BCUT2D eigenvalue weighted by Gasteiger charge is -2.34. The molecule has 1 saturated heterocycles. The highest BCUT2D eigenvalue weighted by Gasteiger charge is 2.31. The molecule has 0 amide bonds. The molecule has 10 heteroatoms. The van der Waals surface area contributed by atoms with Crippen molar-refractivity contribution in [2.75, 3.05) is 31.1 Å². The minimum atomic E-state index is -3.64. The summed E-state index contributed by atoms with van der Waals surface area (Å²) >= 11 is 1.02. The fourth-order valence-electron chi connectivity index (χ4n) is 3.69. The van der Waals surface area contributed by atoms with Crippen LogP contribution >= 0.6 is 11.7 Å². The smallest absolute Gasteiger partial charge is 0.245 e. The summed E-state index contributed by atoms with van der Waals surface area (Å²) in [6.45, 7) is 3.90. The van der Waals surface area contributed by atoms with E-state index in [-0.39, 0.29) is 4.90 Å². The summed E-state index contributed by atoms with van der Waals surface area (Å²) in [5, 5.41) is 0. The number of sulfonamides is 1. The van der Waals surface area contributed by atoms with Crippen LogP contribution in [0.5, 0.6) is 0 Å². The van der Waals surface area contributed by atoms with E-state index in [0.717, 1.165) is 28.8 Å². The molecule has 0 saturated carbocycles. The van der Waals surface area contributed by atoms with E-state index in [1.165, 1.54) is 9.87 Å². The Morgan fingerprint density at radius 3 is 2.48 bits per heavy atom. The van der Waals surface area contributed by atoms with Gasteiger partial charge in [-0.1, -0.05) is 35.9 Å². The SMILES string of the molecule is Cc1ccc(-c2cc(N3CCN(S(=O)(=O)c4cccc5nsnc45)CC3)ncn2)cc1. The average Bonchev–Trinajstić information content (AvgIpc) is 3.29. The third kappa shape index (κ3) is 3.78. The van der Waals surface area contributed by atoms with Crippen molar-refractivity contribution in [3.63, 3.8) is 0 Å². The second-order valence-electron chi connectivity index (χ2n) is 7.41. The van der Waals surface area contributed by atoms with Gasteiger partial charge in [-0.15, -0.1) is 0 Å². The highest BCUT2D eigenvalue weighted by atomic mass is 32.2. The van der Waals surface area contributed by atoms with E-state index in [9.17, 15) is 8.42 Å². The van der Waals surface area contributed by atoms with Gasteiger partial charge in [0.05, 0.1) is 17.4 Å². The molecule has 0 radical (unpaired) electrons. The first-order valence-corrected chi connectivity index (χ1v) is 12.0. The molecule has 1 aliphatic heterocycles. The van der Waals surface area contributed by atoms with E-state index in [1.807, 2.05) is 25.1 Å². The largest absolute Gasteiger partial charge is 0.354 e. The molecule has 1 aliphatic rings. The predicted molar refractivity (Wildman–Crippen MR) is 121 cm³/mol. The molecule has 3 heterocycles. The van der Waals surface area contributed by atoms with Crippen LogP contribution in [0.15, 0.2) is 59.8 Å². The maximum Gasteiger partial charge on any atom is 0.245 e. The van der Waals surface area contributed by atoms with Gasteiger partial charge >= 0.3 is 0 Å². The summed E-state index contributed by atoms with van der Waals surface area (Å²) < 4.78 is 36.3. The van der Waals surface area contributed by atoms with Crippen molar-refractivity contribution in [3.8, 4) is 11.3 Å². The van der Waals surface area contributed by atoms with Crippen molar-refractivity contribution in [1.29, 1.82) is 0 Å². The van der Waals surface area contributed by atoms with Crippen LogP contribution in [0.1, 0.15) is 5.56 Å². The molecule has 2 aromatic carbocycles. The Morgan fingerprint density at radius 2 is 1.71 bits per heavy atom. The quantitative estimate of drug-likeness (QED) is 0.470. The lowest BCUT2D eigenvalue weighted by molar-refractivity contribution is 0.384. The number of anilines is 1. The molecule has 8 nitrogen and oxygen atoms in total. The Balaban J connectivity index is 1.34. The van der Waals surface area contributed by atoms with E-state index in [0.29, 0.717) is 37.2 Å². The maximum atomic E-state index is 13.2. The van der Waals surface area contributed by atoms with Crippen LogP contribution in [-0.4, -0.2) is 57.6 Å². The van der Waals surface area contributed by atoms with Gasteiger partial charge in [-0.3, -0.25) is 0 Å². The van der Waals surface area contributed by atoms with Crippen LogP contribution in [0.25, 0.3) is 22.3 Å². The fraction of sp³-hybridized carbons (Fsp3) is 0.238. The Bertz CT molecular complexity index is 1330. The van der Waals surface area contributed by atoms with E-state index in [4.69, 9.17) is 0 Å². The van der Waals surface area contributed by atoms with Crippen LogP contribution in [0.2, 0.25) is 0 Å². The van der Waals surface area contributed by atoms with E-state index >= 15 is 0 Å². The molecule has 1 fully saturated rings. The fourth-order valence-corrected chi connectivity index (χ4v) is 5.86. The molecular weight excluding hydrogens is 432 g/mol. The first kappa shape index (κ1) is 20.0. The summed E-state index contributed by atoms with van der Waals surface area (Å²) in [6.07, 6.45) is 1.56. The second-order valence-corrected chi connectivity index (χ2v) is 9.84. The van der Waals surface area contributed by atoms with Gasteiger partial charge < -0.3 is 4.90 Å². The molecule has 5 rings (SSSR count). The molecule has 2 aromatic heterocycles. The standard InChI is InChI=1S/C21H20N6O2S2/c1-15-5-7-16(8-6-15)18-13-20(23-14-22-18)26-9-11-27(12-10-26)31(28,29)19-4-2-3-17-21(19)25-30-24-17/h2-8,13-14H,9-12H2,1H3. The minimum Gasteiger partial charge on any atom is -0.354 e. The second kappa shape index (κ2) is 7.95. The van der Waals surface area contributed by atoms with Crippen LogP contribution < -0.4 is 4.90 Å². The van der Waals surface area contributed by atoms with Crippen LogP contribution in [0.4, 0.5) is 5.82 Å². The minimum absolute atomic E-state index is 0.218. The zero-order valence-corrected chi connectivity index (χ0v) is 18.5. The number of aryl methyl sites for hydroxylation is 1. The van der Waals surface area contributed by atoms with Gasteiger partial charge in [0.25, 0.3) is 0 Å². The van der Waals surface area contributed by atoms with Gasteiger partial charge in [0.15, 0.2) is 0 Å². The summed E-state index contributed by atoms with van der Waals surface area (Å²) in [5.74, 6) is 0.799. The summed E-state index contributed by atoms with van der Waals surface area (Å²) in [7, 11) is -3.64. The molecular formula is C21H20N6O2S2. The Labute approximate surface area is 184 Å². The molecule has 0 unspecified atom stereocenters. The molecule has 0 N–H and O–H groups in total. The van der Waals surface area contributed by atoms with Gasteiger partial charge in [0.2, 0.25) is 10.0 Å². The average molecular weight is 453 g/mol. The number of fused-ring (bicyclic) bond motifs is 1. The van der Waals surface area contributed by atoms with Gasteiger partial charge in [-0.25, -0.2) is 18.4 Å². The topological polar surface area (TPSA) is 92.2 Å². The molecule has 0 bridgehead atoms. The van der Waals surface area contributed by atoms with Crippen molar-refractivity contribution < 1.29 is 8.42 Å². The number of aromatic nitrogens is 4. The normalized spacial score (nSPS) is 15.5. The number of hydrogen-bond acceptors (Lipinski definition) is 8. The van der Waals surface area contributed by atoms with E-state index in [1.54, 1.807) is 24.5 Å². The number of benzene rings is 2. The predicted octanol–water partition coefficient (Wildman–Crippen LogP) is 2.97. The molecule has 0 atom stereocenters. The number of hydrogen-bond donors (Lipinski definition) is 0. The monoisotopic (exact) mass is 452 g/mol. The zero-order valence-electron chi connectivity index (χ0n) is 16.8. The van der Waals surface area contributed by atoms with Crippen LogP contribution in [-0.2, 0) is 10.0 Å². The molecule has 4 aromatic rings.